The Kier molecular flexibility index (Phi) is 7.63. The molecular weight excluding hydrogens is 455 g/mol. The van der Waals surface area contributed by atoms with Gasteiger partial charge in [-0.05, 0) is 55.5 Å². The van der Waals surface area contributed by atoms with E-state index >= 15 is 0 Å². The van der Waals surface area contributed by atoms with Crippen LogP contribution in [0.1, 0.15) is 39.0 Å². The van der Waals surface area contributed by atoms with Gasteiger partial charge in [-0.25, -0.2) is 0 Å². The van der Waals surface area contributed by atoms with E-state index < -0.39 is 0 Å². The van der Waals surface area contributed by atoms with E-state index in [9.17, 15) is 0 Å². The highest BCUT2D eigenvalue weighted by molar-refractivity contribution is 6.33. The highest BCUT2D eigenvalue weighted by atomic mass is 35.5. The van der Waals surface area contributed by atoms with Crippen LogP contribution in [0.4, 0.5) is 5.82 Å². The van der Waals surface area contributed by atoms with E-state index in [0.29, 0.717) is 27.7 Å². The van der Waals surface area contributed by atoms with Crippen molar-refractivity contribution >= 4 is 35.2 Å². The van der Waals surface area contributed by atoms with Gasteiger partial charge in [-0.3, -0.25) is 5.43 Å². The van der Waals surface area contributed by atoms with E-state index in [4.69, 9.17) is 27.9 Å². The van der Waals surface area contributed by atoms with Gasteiger partial charge in [-0.1, -0.05) is 66.9 Å². The van der Waals surface area contributed by atoms with Crippen molar-refractivity contribution in [2.45, 2.75) is 45.1 Å². The number of anilines is 1. The third-order valence-electron chi connectivity index (χ3n) is 6.28. The van der Waals surface area contributed by atoms with Gasteiger partial charge in [0, 0.05) is 34.9 Å². The van der Waals surface area contributed by atoms with E-state index in [-0.39, 0.29) is 5.41 Å². The Labute approximate surface area is 205 Å². The molecule has 1 aliphatic rings. The van der Waals surface area contributed by atoms with Crippen molar-refractivity contribution in [3.05, 3.63) is 64.6 Å². The number of hydrazone groups is 1. The molecule has 4 rings (SSSR count). The Balaban J connectivity index is 1.65. The van der Waals surface area contributed by atoms with Crippen LogP contribution in [-0.2, 0) is 4.74 Å². The molecule has 7 heteroatoms. The summed E-state index contributed by atoms with van der Waals surface area (Å²) in [7, 11) is 1.79. The Bertz CT molecular complexity index is 1120. The molecule has 1 aliphatic carbocycles. The molecule has 0 spiro atoms. The molecule has 2 atom stereocenters. The van der Waals surface area contributed by atoms with E-state index in [0.717, 1.165) is 48.8 Å². The number of hydrogen-bond donors (Lipinski definition) is 1. The number of nitrogens with zero attached hydrogens (tertiary/aromatic N) is 3. The van der Waals surface area contributed by atoms with E-state index in [1.165, 1.54) is 0 Å². The summed E-state index contributed by atoms with van der Waals surface area (Å²) in [6.07, 6.45) is 7.68. The van der Waals surface area contributed by atoms with Crippen molar-refractivity contribution in [3.63, 3.8) is 0 Å². The van der Waals surface area contributed by atoms with Crippen LogP contribution in [0.3, 0.4) is 0 Å². The fraction of sp³-hybridized carbons (Fsp3) is 0.346. The number of rotatable bonds is 8. The number of benzene rings is 2. The van der Waals surface area contributed by atoms with Gasteiger partial charge < -0.3 is 4.74 Å². The third kappa shape index (κ3) is 5.55. The first kappa shape index (κ1) is 23.7. The van der Waals surface area contributed by atoms with Gasteiger partial charge in [-0.2, -0.15) is 5.10 Å². The summed E-state index contributed by atoms with van der Waals surface area (Å²) < 4.78 is 5.59. The Morgan fingerprint density at radius 3 is 2.61 bits per heavy atom. The second kappa shape index (κ2) is 10.6. The highest BCUT2D eigenvalue weighted by Gasteiger charge is 2.37. The lowest BCUT2D eigenvalue weighted by molar-refractivity contribution is 0.102. The lowest BCUT2D eigenvalue weighted by Crippen LogP contribution is -2.21. The SMILES string of the molecule is CCCC1(/C=N/Nc2cc(-c3ccc(Cl)cc3)c(-c3ccccc3Cl)nn2)CCC(OC)C1. The number of hydrogen-bond acceptors (Lipinski definition) is 5. The van der Waals surface area contributed by atoms with E-state index in [1.807, 2.05) is 60.8 Å². The van der Waals surface area contributed by atoms with Crippen LogP contribution < -0.4 is 5.43 Å². The van der Waals surface area contributed by atoms with E-state index in [1.54, 1.807) is 7.11 Å². The molecule has 0 aliphatic heterocycles. The Morgan fingerprint density at radius 1 is 1.12 bits per heavy atom. The van der Waals surface area contributed by atoms with Crippen LogP contribution in [0.25, 0.3) is 22.4 Å². The van der Waals surface area contributed by atoms with E-state index in [2.05, 4.69) is 27.6 Å². The summed E-state index contributed by atoms with van der Waals surface area (Å²) in [4.78, 5) is 0. The van der Waals surface area contributed by atoms with Gasteiger partial charge in [0.05, 0.1) is 11.1 Å². The maximum Gasteiger partial charge on any atom is 0.169 e. The lowest BCUT2D eigenvalue weighted by atomic mass is 9.83. The highest BCUT2D eigenvalue weighted by Crippen LogP contribution is 2.42. The quantitative estimate of drug-likeness (QED) is 0.266. The standard InChI is InChI=1S/C26H28Cl2N4O/c1-3-13-26(14-12-20(16-26)33-2)17-29-30-24-15-22(18-8-10-19(27)11-9-18)25(32-31-24)21-6-4-5-7-23(21)28/h4-11,15,17,20H,3,12-14,16H2,1-2H3,(H,30,31)/b29-17+. The van der Waals surface area contributed by atoms with Gasteiger partial charge in [-0.15, -0.1) is 10.2 Å². The number of methoxy groups -OCH3 is 1. The summed E-state index contributed by atoms with van der Waals surface area (Å²) in [5, 5.41) is 14.8. The molecule has 0 bridgehead atoms. The predicted octanol–water partition coefficient (Wildman–Crippen LogP) is 7.50. The van der Waals surface area contributed by atoms with Crippen molar-refractivity contribution in [3.8, 4) is 22.4 Å². The summed E-state index contributed by atoms with van der Waals surface area (Å²) >= 11 is 12.6. The molecule has 1 heterocycles. The van der Waals surface area contributed by atoms with Crippen LogP contribution in [0.5, 0.6) is 0 Å². The second-order valence-corrected chi connectivity index (χ2v) is 9.41. The molecule has 0 amide bonds. The van der Waals surface area contributed by atoms with Crippen LogP contribution in [0, 0.1) is 5.41 Å². The molecule has 3 aromatic rings. The van der Waals surface area contributed by atoms with Crippen LogP contribution in [-0.4, -0.2) is 29.6 Å². The molecule has 2 unspecified atom stereocenters. The number of ether oxygens (including phenoxy) is 1. The molecule has 1 saturated carbocycles. The fourth-order valence-electron chi connectivity index (χ4n) is 4.60. The molecule has 0 saturated heterocycles. The zero-order valence-corrected chi connectivity index (χ0v) is 20.4. The average molecular weight is 483 g/mol. The molecule has 33 heavy (non-hydrogen) atoms. The minimum Gasteiger partial charge on any atom is -0.381 e. The molecule has 2 aromatic carbocycles. The minimum absolute atomic E-state index is 0.0619. The summed E-state index contributed by atoms with van der Waals surface area (Å²) in [5.41, 5.74) is 6.56. The van der Waals surface area contributed by atoms with Gasteiger partial charge in [0.25, 0.3) is 0 Å². The largest absolute Gasteiger partial charge is 0.381 e. The molecule has 1 fully saturated rings. The van der Waals surface area contributed by atoms with Gasteiger partial charge in [0.15, 0.2) is 5.82 Å². The summed E-state index contributed by atoms with van der Waals surface area (Å²) in [5.74, 6) is 0.569. The normalized spacial score (nSPS) is 20.4. The Morgan fingerprint density at radius 2 is 1.91 bits per heavy atom. The lowest BCUT2D eigenvalue weighted by Gasteiger charge is -2.23. The molecular formula is C26H28Cl2N4O. The number of halogens is 2. The first-order chi connectivity index (χ1) is 16.0. The minimum atomic E-state index is 0.0619. The second-order valence-electron chi connectivity index (χ2n) is 8.56. The van der Waals surface area contributed by atoms with Crippen molar-refractivity contribution in [1.29, 1.82) is 0 Å². The van der Waals surface area contributed by atoms with Gasteiger partial charge in [0.1, 0.15) is 5.69 Å². The topological polar surface area (TPSA) is 59.4 Å². The van der Waals surface area contributed by atoms with Crippen LogP contribution in [0.2, 0.25) is 10.0 Å². The fourth-order valence-corrected chi connectivity index (χ4v) is 4.95. The molecule has 0 radical (unpaired) electrons. The molecule has 172 valence electrons. The Hall–Kier alpha value is -2.47. The average Bonchev–Trinajstić information content (AvgIpc) is 3.23. The predicted molar refractivity (Wildman–Crippen MR) is 137 cm³/mol. The zero-order valence-electron chi connectivity index (χ0n) is 18.9. The monoisotopic (exact) mass is 482 g/mol. The molecule has 1 aromatic heterocycles. The summed E-state index contributed by atoms with van der Waals surface area (Å²) in [6.45, 7) is 2.21. The van der Waals surface area contributed by atoms with Crippen molar-refractivity contribution in [1.82, 2.24) is 10.2 Å². The van der Waals surface area contributed by atoms with Crippen molar-refractivity contribution in [2.75, 3.05) is 12.5 Å². The van der Waals surface area contributed by atoms with Crippen molar-refractivity contribution < 1.29 is 4.74 Å². The zero-order chi connectivity index (χ0) is 23.3. The number of nitrogens with one attached hydrogen (secondary N) is 1. The first-order valence-electron chi connectivity index (χ1n) is 11.2. The first-order valence-corrected chi connectivity index (χ1v) is 12.0. The third-order valence-corrected chi connectivity index (χ3v) is 6.86. The molecule has 5 nitrogen and oxygen atoms in total. The maximum atomic E-state index is 6.47. The number of aromatic nitrogens is 2. The van der Waals surface area contributed by atoms with Gasteiger partial charge >= 0.3 is 0 Å². The smallest absolute Gasteiger partial charge is 0.169 e. The van der Waals surface area contributed by atoms with Crippen LogP contribution in [0.15, 0.2) is 59.7 Å². The van der Waals surface area contributed by atoms with Crippen molar-refractivity contribution in [2.24, 2.45) is 10.5 Å². The van der Waals surface area contributed by atoms with Gasteiger partial charge in [0.2, 0.25) is 0 Å². The summed E-state index contributed by atoms with van der Waals surface area (Å²) in [6, 6.07) is 17.2. The molecule has 1 N–H and O–H groups in total. The van der Waals surface area contributed by atoms with Crippen LogP contribution >= 0.6 is 23.2 Å². The maximum absolute atomic E-state index is 6.47.